The zero-order valence-corrected chi connectivity index (χ0v) is 11.4. The number of aryl methyl sites for hydroxylation is 1. The van der Waals surface area contributed by atoms with Crippen LogP contribution in [0.1, 0.15) is 56.2 Å². The second-order valence-electron chi connectivity index (χ2n) is 5.54. The zero-order valence-electron chi connectivity index (χ0n) is 11.4. The molecule has 17 heavy (non-hydrogen) atoms. The summed E-state index contributed by atoms with van der Waals surface area (Å²) in [6, 6.07) is 7.77. The van der Waals surface area contributed by atoms with Crippen molar-refractivity contribution < 1.29 is 0 Å². The van der Waals surface area contributed by atoms with Crippen LogP contribution < -0.4 is 5.32 Å². The summed E-state index contributed by atoms with van der Waals surface area (Å²) in [6.45, 7) is 8.04. The van der Waals surface area contributed by atoms with Crippen molar-refractivity contribution in [3.63, 3.8) is 0 Å². The van der Waals surface area contributed by atoms with Crippen molar-refractivity contribution >= 4 is 0 Å². The maximum absolute atomic E-state index is 3.61. The molecule has 1 unspecified atom stereocenters. The summed E-state index contributed by atoms with van der Waals surface area (Å²) < 4.78 is 0. The van der Waals surface area contributed by atoms with Crippen molar-refractivity contribution in [2.24, 2.45) is 0 Å². The second-order valence-corrected chi connectivity index (χ2v) is 5.54. The van der Waals surface area contributed by atoms with Crippen LogP contribution in [0.5, 0.6) is 0 Å². The number of hydrogen-bond donors (Lipinski definition) is 1. The van der Waals surface area contributed by atoms with E-state index >= 15 is 0 Å². The van der Waals surface area contributed by atoms with Crippen LogP contribution >= 0.6 is 0 Å². The van der Waals surface area contributed by atoms with Crippen molar-refractivity contribution in [2.75, 3.05) is 6.54 Å². The van der Waals surface area contributed by atoms with E-state index < -0.39 is 0 Å². The topological polar surface area (TPSA) is 12.0 Å². The van der Waals surface area contributed by atoms with Crippen molar-refractivity contribution in [1.82, 2.24) is 5.32 Å². The molecule has 1 aliphatic rings. The molecule has 0 spiro atoms. The van der Waals surface area contributed by atoms with Gasteiger partial charge in [-0.25, -0.2) is 0 Å². The Morgan fingerprint density at radius 1 is 1.35 bits per heavy atom. The number of hydrogen-bond acceptors (Lipinski definition) is 1. The Bertz CT molecular complexity index is 362. The minimum Gasteiger partial charge on any atom is -0.314 e. The van der Waals surface area contributed by atoms with Crippen LogP contribution in [0.15, 0.2) is 18.2 Å². The molecule has 1 fully saturated rings. The van der Waals surface area contributed by atoms with Gasteiger partial charge in [-0.15, -0.1) is 0 Å². The van der Waals surface area contributed by atoms with E-state index in [2.05, 4.69) is 44.3 Å². The Morgan fingerprint density at radius 2 is 2.18 bits per heavy atom. The van der Waals surface area contributed by atoms with Gasteiger partial charge in [0.15, 0.2) is 0 Å². The van der Waals surface area contributed by atoms with E-state index in [9.17, 15) is 0 Å². The average Bonchev–Trinajstić information content (AvgIpc) is 2.81. The maximum Gasteiger partial charge on any atom is 0.0108 e. The van der Waals surface area contributed by atoms with Gasteiger partial charge >= 0.3 is 0 Å². The molecule has 1 saturated heterocycles. The normalized spacial score (nSPS) is 20.1. The number of benzene rings is 1. The van der Waals surface area contributed by atoms with Crippen LogP contribution in [0.3, 0.4) is 0 Å². The quantitative estimate of drug-likeness (QED) is 0.833. The van der Waals surface area contributed by atoms with E-state index in [-0.39, 0.29) is 0 Å². The third-order valence-corrected chi connectivity index (χ3v) is 3.87. The third-order valence-electron chi connectivity index (χ3n) is 3.87. The van der Waals surface area contributed by atoms with Crippen molar-refractivity contribution in [3.05, 3.63) is 34.9 Å². The lowest BCUT2D eigenvalue weighted by Crippen LogP contribution is -2.24. The summed E-state index contributed by atoms with van der Waals surface area (Å²) in [4.78, 5) is 0. The highest BCUT2D eigenvalue weighted by Crippen LogP contribution is 2.24. The smallest absolute Gasteiger partial charge is 0.0108 e. The fourth-order valence-electron chi connectivity index (χ4n) is 2.82. The largest absolute Gasteiger partial charge is 0.314 e. The summed E-state index contributed by atoms with van der Waals surface area (Å²) >= 11 is 0. The van der Waals surface area contributed by atoms with E-state index in [0.29, 0.717) is 12.0 Å². The lowest BCUT2D eigenvalue weighted by Gasteiger charge is -2.17. The highest BCUT2D eigenvalue weighted by atomic mass is 14.9. The molecule has 0 bridgehead atoms. The van der Waals surface area contributed by atoms with Crippen LogP contribution in [0.4, 0.5) is 0 Å². The number of nitrogens with one attached hydrogen (secondary N) is 1. The minimum atomic E-state index is 0.636. The summed E-state index contributed by atoms with van der Waals surface area (Å²) in [6.07, 6.45) is 5.04. The molecule has 1 N–H and O–H groups in total. The molecule has 1 heteroatoms. The molecule has 0 aromatic heterocycles. The standard InChI is InChI=1S/C16H25N/c1-4-13-7-8-16(12(2)3)14(10-13)11-15-6-5-9-17-15/h7-8,10,12,15,17H,4-6,9,11H2,1-3H3. The van der Waals surface area contributed by atoms with E-state index in [1.165, 1.54) is 36.9 Å². The summed E-state index contributed by atoms with van der Waals surface area (Å²) in [5, 5.41) is 3.61. The lowest BCUT2D eigenvalue weighted by molar-refractivity contribution is 0.597. The molecule has 2 rings (SSSR count). The van der Waals surface area contributed by atoms with Crippen LogP contribution in [0.2, 0.25) is 0 Å². The molecule has 1 aromatic carbocycles. The van der Waals surface area contributed by atoms with E-state index in [1.54, 1.807) is 5.56 Å². The summed E-state index contributed by atoms with van der Waals surface area (Å²) in [5.41, 5.74) is 4.58. The van der Waals surface area contributed by atoms with Gasteiger partial charge in [0.1, 0.15) is 0 Å². The Hall–Kier alpha value is -0.820. The second kappa shape index (κ2) is 5.68. The summed E-state index contributed by atoms with van der Waals surface area (Å²) in [5.74, 6) is 0.636. The fraction of sp³-hybridized carbons (Fsp3) is 0.625. The zero-order chi connectivity index (χ0) is 12.3. The van der Waals surface area contributed by atoms with Gasteiger partial charge in [-0.3, -0.25) is 0 Å². The van der Waals surface area contributed by atoms with Gasteiger partial charge in [0.05, 0.1) is 0 Å². The molecular weight excluding hydrogens is 206 g/mol. The first kappa shape index (κ1) is 12.6. The molecule has 1 atom stereocenters. The minimum absolute atomic E-state index is 0.636. The van der Waals surface area contributed by atoms with Gasteiger partial charge < -0.3 is 5.32 Å². The molecule has 0 saturated carbocycles. The van der Waals surface area contributed by atoms with E-state index in [4.69, 9.17) is 0 Å². The highest BCUT2D eigenvalue weighted by Gasteiger charge is 2.17. The first-order valence-corrected chi connectivity index (χ1v) is 7.05. The highest BCUT2D eigenvalue weighted by molar-refractivity contribution is 5.35. The molecular formula is C16H25N. The van der Waals surface area contributed by atoms with Gasteiger partial charge in [0.25, 0.3) is 0 Å². The van der Waals surface area contributed by atoms with E-state index in [1.807, 2.05) is 0 Å². The van der Waals surface area contributed by atoms with Gasteiger partial charge in [-0.1, -0.05) is 39.0 Å². The Balaban J connectivity index is 2.21. The Labute approximate surface area is 106 Å². The van der Waals surface area contributed by atoms with Gasteiger partial charge in [0, 0.05) is 6.04 Å². The maximum atomic E-state index is 3.61. The first-order chi connectivity index (χ1) is 8.20. The SMILES string of the molecule is CCc1ccc(C(C)C)c(CC2CCCN2)c1. The Morgan fingerprint density at radius 3 is 2.76 bits per heavy atom. The van der Waals surface area contributed by atoms with E-state index in [0.717, 1.165) is 6.42 Å². The average molecular weight is 231 g/mol. The molecule has 1 nitrogen and oxygen atoms in total. The predicted molar refractivity (Wildman–Crippen MR) is 74.6 cm³/mol. The first-order valence-electron chi connectivity index (χ1n) is 7.05. The molecule has 1 heterocycles. The van der Waals surface area contributed by atoms with Gasteiger partial charge in [-0.05, 0) is 54.8 Å². The molecule has 94 valence electrons. The molecule has 0 radical (unpaired) electrons. The van der Waals surface area contributed by atoms with Crippen LogP contribution in [-0.4, -0.2) is 12.6 Å². The number of rotatable bonds is 4. The molecule has 0 aliphatic carbocycles. The molecule has 1 aliphatic heterocycles. The third kappa shape index (κ3) is 3.10. The van der Waals surface area contributed by atoms with Crippen LogP contribution in [0, 0.1) is 0 Å². The monoisotopic (exact) mass is 231 g/mol. The molecule has 0 amide bonds. The van der Waals surface area contributed by atoms with Crippen LogP contribution in [-0.2, 0) is 12.8 Å². The summed E-state index contributed by atoms with van der Waals surface area (Å²) in [7, 11) is 0. The van der Waals surface area contributed by atoms with Crippen molar-refractivity contribution in [3.8, 4) is 0 Å². The van der Waals surface area contributed by atoms with Crippen molar-refractivity contribution in [1.29, 1.82) is 0 Å². The van der Waals surface area contributed by atoms with Crippen LogP contribution in [0.25, 0.3) is 0 Å². The Kier molecular flexibility index (Phi) is 4.22. The van der Waals surface area contributed by atoms with Crippen molar-refractivity contribution in [2.45, 2.75) is 58.4 Å². The lowest BCUT2D eigenvalue weighted by atomic mass is 9.91. The predicted octanol–water partition coefficient (Wildman–Crippen LogP) is 3.67. The van der Waals surface area contributed by atoms with Gasteiger partial charge in [-0.2, -0.15) is 0 Å². The molecule has 1 aromatic rings. The van der Waals surface area contributed by atoms with Gasteiger partial charge in [0.2, 0.25) is 0 Å². The fourth-order valence-corrected chi connectivity index (χ4v) is 2.82.